The Morgan fingerprint density at radius 2 is 1.54 bits per heavy atom. The standard InChI is InChI=1S/C17H12O.C9H8O/c18-17-14-8-4-3-7-13(14)16-12-6-2-1-5-11(12)9-10-15(16)17;1-2-6-9-8(4-1)5-3-7-10-9/h1-10,17-18H;1-6H,7H2. The van der Waals surface area contributed by atoms with Crippen LogP contribution in [0.4, 0.5) is 0 Å². The van der Waals surface area contributed by atoms with Gasteiger partial charge >= 0.3 is 0 Å². The largest absolute Gasteiger partial charge is 0.489 e. The van der Waals surface area contributed by atoms with Gasteiger partial charge in [0.1, 0.15) is 18.5 Å². The smallest absolute Gasteiger partial charge is 0.126 e. The maximum absolute atomic E-state index is 10.4. The van der Waals surface area contributed by atoms with Crippen LogP contribution in [0.2, 0.25) is 0 Å². The minimum atomic E-state index is -0.485. The van der Waals surface area contributed by atoms with Crippen molar-refractivity contribution in [2.75, 3.05) is 6.61 Å². The maximum atomic E-state index is 10.4. The van der Waals surface area contributed by atoms with E-state index in [1.54, 1.807) is 0 Å². The fraction of sp³-hybridized carbons (Fsp3) is 0.0769. The van der Waals surface area contributed by atoms with E-state index in [0.717, 1.165) is 22.4 Å². The van der Waals surface area contributed by atoms with Crippen molar-refractivity contribution in [3.8, 4) is 16.9 Å². The van der Waals surface area contributed by atoms with Gasteiger partial charge in [0.15, 0.2) is 0 Å². The zero-order chi connectivity index (χ0) is 18.9. The molecule has 1 heterocycles. The first kappa shape index (κ1) is 16.8. The Hall–Kier alpha value is -3.36. The third-order valence-electron chi connectivity index (χ3n) is 5.33. The first-order valence-corrected chi connectivity index (χ1v) is 9.50. The van der Waals surface area contributed by atoms with Crippen molar-refractivity contribution in [1.82, 2.24) is 0 Å². The number of hydrogen-bond acceptors (Lipinski definition) is 2. The molecule has 0 fully saturated rings. The number of aliphatic hydroxyl groups is 1. The highest BCUT2D eigenvalue weighted by molar-refractivity contribution is 6.01. The molecular weight excluding hydrogens is 344 g/mol. The van der Waals surface area contributed by atoms with Crippen LogP contribution in [0.1, 0.15) is 22.8 Å². The summed E-state index contributed by atoms with van der Waals surface area (Å²) in [5.74, 6) is 0.991. The van der Waals surface area contributed by atoms with Gasteiger partial charge in [-0.25, -0.2) is 0 Å². The monoisotopic (exact) mass is 364 g/mol. The molecule has 4 aromatic carbocycles. The number of fused-ring (bicyclic) bond motifs is 6. The Balaban J connectivity index is 0.000000145. The molecule has 0 amide bonds. The van der Waals surface area contributed by atoms with E-state index in [1.165, 1.54) is 21.9 Å². The van der Waals surface area contributed by atoms with Gasteiger partial charge in [0, 0.05) is 5.56 Å². The molecule has 2 nitrogen and oxygen atoms in total. The van der Waals surface area contributed by atoms with E-state index in [9.17, 15) is 5.11 Å². The first-order valence-electron chi connectivity index (χ1n) is 9.50. The second kappa shape index (κ2) is 6.99. The topological polar surface area (TPSA) is 29.5 Å². The molecule has 1 aliphatic heterocycles. The van der Waals surface area contributed by atoms with Crippen molar-refractivity contribution in [3.05, 3.63) is 108 Å². The molecule has 4 aromatic rings. The van der Waals surface area contributed by atoms with Crippen LogP contribution in [0.5, 0.6) is 5.75 Å². The van der Waals surface area contributed by atoms with Crippen LogP contribution >= 0.6 is 0 Å². The van der Waals surface area contributed by atoms with Crippen molar-refractivity contribution in [1.29, 1.82) is 0 Å². The van der Waals surface area contributed by atoms with Gasteiger partial charge in [0.05, 0.1) is 0 Å². The van der Waals surface area contributed by atoms with Gasteiger partial charge < -0.3 is 9.84 Å². The normalized spacial score (nSPS) is 15.7. The van der Waals surface area contributed by atoms with Crippen molar-refractivity contribution in [2.24, 2.45) is 0 Å². The third kappa shape index (κ3) is 2.79. The Morgan fingerprint density at radius 3 is 2.46 bits per heavy atom. The number of para-hydroxylation sites is 1. The molecule has 0 saturated heterocycles. The van der Waals surface area contributed by atoms with Crippen molar-refractivity contribution < 1.29 is 9.84 Å². The number of rotatable bonds is 0. The van der Waals surface area contributed by atoms with Gasteiger partial charge in [-0.05, 0) is 45.2 Å². The SMILES string of the molecule is C1=Cc2ccccc2OC1.OC1c2ccccc2-c2c1ccc1ccccc21. The average molecular weight is 364 g/mol. The predicted molar refractivity (Wildman–Crippen MR) is 114 cm³/mol. The Labute approximate surface area is 164 Å². The second-order valence-electron chi connectivity index (χ2n) is 6.99. The zero-order valence-electron chi connectivity index (χ0n) is 15.4. The maximum Gasteiger partial charge on any atom is 0.126 e. The van der Waals surface area contributed by atoms with Crippen LogP contribution in [0.15, 0.2) is 91.0 Å². The fourth-order valence-corrected chi connectivity index (χ4v) is 4.01. The summed E-state index contributed by atoms with van der Waals surface area (Å²) in [5.41, 5.74) is 5.57. The highest BCUT2D eigenvalue weighted by atomic mass is 16.5. The van der Waals surface area contributed by atoms with Gasteiger partial charge in [-0.1, -0.05) is 84.9 Å². The summed E-state index contributed by atoms with van der Waals surface area (Å²) >= 11 is 0. The molecule has 1 unspecified atom stereocenters. The van der Waals surface area contributed by atoms with Gasteiger partial charge in [-0.3, -0.25) is 0 Å². The van der Waals surface area contributed by atoms with E-state index < -0.39 is 6.10 Å². The van der Waals surface area contributed by atoms with Gasteiger partial charge in [0.2, 0.25) is 0 Å². The first-order chi connectivity index (χ1) is 13.8. The molecule has 0 aromatic heterocycles. The lowest BCUT2D eigenvalue weighted by Crippen LogP contribution is -1.98. The van der Waals surface area contributed by atoms with Gasteiger partial charge in [0.25, 0.3) is 0 Å². The average Bonchev–Trinajstić information content (AvgIpc) is 3.07. The fourth-order valence-electron chi connectivity index (χ4n) is 4.01. The van der Waals surface area contributed by atoms with E-state index in [1.807, 2.05) is 60.7 Å². The van der Waals surface area contributed by atoms with Gasteiger partial charge in [-0.15, -0.1) is 0 Å². The lowest BCUT2D eigenvalue weighted by atomic mass is 9.98. The molecule has 28 heavy (non-hydrogen) atoms. The lowest BCUT2D eigenvalue weighted by molar-refractivity contribution is 0.225. The number of ether oxygens (including phenoxy) is 1. The van der Waals surface area contributed by atoms with E-state index in [4.69, 9.17) is 4.74 Å². The highest BCUT2D eigenvalue weighted by Crippen LogP contribution is 2.46. The Kier molecular flexibility index (Phi) is 4.19. The molecule has 1 aliphatic carbocycles. The quantitative estimate of drug-likeness (QED) is 0.415. The molecule has 0 spiro atoms. The summed E-state index contributed by atoms with van der Waals surface area (Å²) in [5, 5.41) is 12.8. The summed E-state index contributed by atoms with van der Waals surface area (Å²) in [4.78, 5) is 0. The summed E-state index contributed by atoms with van der Waals surface area (Å²) in [7, 11) is 0. The third-order valence-corrected chi connectivity index (χ3v) is 5.33. The van der Waals surface area contributed by atoms with Crippen molar-refractivity contribution in [2.45, 2.75) is 6.10 Å². The van der Waals surface area contributed by atoms with E-state index in [0.29, 0.717) is 6.61 Å². The molecule has 136 valence electrons. The number of aliphatic hydroxyl groups excluding tert-OH is 1. The molecule has 6 rings (SSSR count). The Morgan fingerprint density at radius 1 is 0.750 bits per heavy atom. The summed E-state index contributed by atoms with van der Waals surface area (Å²) in [6.07, 6.45) is 3.61. The van der Waals surface area contributed by atoms with Gasteiger partial charge in [-0.2, -0.15) is 0 Å². The van der Waals surface area contributed by atoms with E-state index in [2.05, 4.69) is 36.4 Å². The van der Waals surface area contributed by atoms with Crippen molar-refractivity contribution >= 4 is 16.8 Å². The molecule has 1 N–H and O–H groups in total. The number of hydrogen-bond donors (Lipinski definition) is 1. The summed E-state index contributed by atoms with van der Waals surface area (Å²) < 4.78 is 5.34. The highest BCUT2D eigenvalue weighted by Gasteiger charge is 2.27. The molecule has 0 radical (unpaired) electrons. The second-order valence-corrected chi connectivity index (χ2v) is 6.99. The van der Waals surface area contributed by atoms with Crippen LogP contribution in [-0.4, -0.2) is 11.7 Å². The van der Waals surface area contributed by atoms with Crippen LogP contribution in [-0.2, 0) is 0 Å². The molecule has 1 atom stereocenters. The molecular formula is C26H20O2. The zero-order valence-corrected chi connectivity index (χ0v) is 15.4. The van der Waals surface area contributed by atoms with E-state index >= 15 is 0 Å². The van der Waals surface area contributed by atoms with Crippen LogP contribution < -0.4 is 4.74 Å². The minimum absolute atomic E-state index is 0.485. The predicted octanol–water partition coefficient (Wildman–Crippen LogP) is 5.99. The molecule has 2 aliphatic rings. The van der Waals surface area contributed by atoms with Crippen LogP contribution in [0, 0.1) is 0 Å². The summed E-state index contributed by atoms with van der Waals surface area (Å²) in [6, 6.07) is 28.6. The molecule has 0 bridgehead atoms. The molecule has 0 saturated carbocycles. The Bertz CT molecular complexity index is 1190. The minimum Gasteiger partial charge on any atom is -0.489 e. The lowest BCUT2D eigenvalue weighted by Gasteiger charge is -2.10. The van der Waals surface area contributed by atoms with Crippen LogP contribution in [0.25, 0.3) is 28.0 Å². The number of benzene rings is 4. The summed E-state index contributed by atoms with van der Waals surface area (Å²) in [6.45, 7) is 0.705. The molecule has 2 heteroatoms. The van der Waals surface area contributed by atoms with Crippen molar-refractivity contribution in [3.63, 3.8) is 0 Å². The van der Waals surface area contributed by atoms with E-state index in [-0.39, 0.29) is 0 Å². The van der Waals surface area contributed by atoms with Crippen LogP contribution in [0.3, 0.4) is 0 Å².